The predicted octanol–water partition coefficient (Wildman–Crippen LogP) is 2.07. The van der Waals surface area contributed by atoms with Crippen LogP contribution in [-0.2, 0) is 9.59 Å². The van der Waals surface area contributed by atoms with E-state index in [9.17, 15) is 14.4 Å². The van der Waals surface area contributed by atoms with Crippen molar-refractivity contribution in [3.63, 3.8) is 0 Å². The number of hydrogen-bond donors (Lipinski definition) is 0. The summed E-state index contributed by atoms with van der Waals surface area (Å²) in [7, 11) is 1.54. The van der Waals surface area contributed by atoms with Crippen LogP contribution in [0.2, 0.25) is 0 Å². The molecule has 0 aliphatic carbocycles. The second-order valence-corrected chi connectivity index (χ2v) is 6.19. The van der Waals surface area contributed by atoms with Gasteiger partial charge >= 0.3 is 0 Å². The molecule has 0 atom stereocenters. The van der Waals surface area contributed by atoms with E-state index in [1.807, 2.05) is 0 Å². The van der Waals surface area contributed by atoms with Crippen LogP contribution in [0.25, 0.3) is 6.08 Å². The monoisotopic (exact) mass is 364 g/mol. The standard InChI is InChI=1S/C20H16N2O5/c1-21-11-19(24)22(15-5-3-2-4-14(15)20(21)25)18(23)9-7-13-6-8-16-17(10-13)27-12-26-16/h2-10H,11-12H2,1H3/b9-7+. The molecule has 2 aliphatic heterocycles. The molecule has 2 heterocycles. The van der Waals surface area contributed by atoms with Gasteiger partial charge in [-0.3, -0.25) is 14.4 Å². The summed E-state index contributed by atoms with van der Waals surface area (Å²) in [5.74, 6) is -0.0250. The summed E-state index contributed by atoms with van der Waals surface area (Å²) in [5.41, 5.74) is 1.34. The number of para-hydroxylation sites is 1. The first-order chi connectivity index (χ1) is 13.0. The first-order valence-corrected chi connectivity index (χ1v) is 8.34. The maximum Gasteiger partial charge on any atom is 0.257 e. The number of carbonyl (C=O) groups is 3. The van der Waals surface area contributed by atoms with Gasteiger partial charge in [-0.05, 0) is 35.9 Å². The Bertz CT molecular complexity index is 982. The van der Waals surface area contributed by atoms with Crippen LogP contribution in [0.5, 0.6) is 11.5 Å². The fourth-order valence-electron chi connectivity index (χ4n) is 3.04. The lowest BCUT2D eigenvalue weighted by molar-refractivity contribution is -0.124. The third-order valence-corrected chi connectivity index (χ3v) is 4.38. The van der Waals surface area contributed by atoms with Gasteiger partial charge in [0.15, 0.2) is 11.5 Å². The molecule has 2 aromatic rings. The molecule has 7 nitrogen and oxygen atoms in total. The molecule has 0 saturated heterocycles. The van der Waals surface area contributed by atoms with E-state index < -0.39 is 11.8 Å². The van der Waals surface area contributed by atoms with Crippen molar-refractivity contribution in [2.75, 3.05) is 25.3 Å². The van der Waals surface area contributed by atoms with Crippen molar-refractivity contribution in [1.29, 1.82) is 0 Å². The molecule has 3 amide bonds. The van der Waals surface area contributed by atoms with Gasteiger partial charge < -0.3 is 14.4 Å². The lowest BCUT2D eigenvalue weighted by Gasteiger charge is -2.18. The number of likely N-dealkylation sites (N-methyl/N-ethyl adjacent to an activating group) is 1. The summed E-state index contributed by atoms with van der Waals surface area (Å²) in [4.78, 5) is 40.1. The summed E-state index contributed by atoms with van der Waals surface area (Å²) in [5, 5.41) is 0. The van der Waals surface area contributed by atoms with Crippen LogP contribution in [0, 0.1) is 0 Å². The number of ether oxygens (including phenoxy) is 2. The van der Waals surface area contributed by atoms with E-state index >= 15 is 0 Å². The number of amides is 3. The minimum Gasteiger partial charge on any atom is -0.454 e. The first-order valence-electron chi connectivity index (χ1n) is 8.34. The van der Waals surface area contributed by atoms with Gasteiger partial charge in [-0.25, -0.2) is 4.90 Å². The van der Waals surface area contributed by atoms with E-state index in [1.54, 1.807) is 48.5 Å². The lowest BCUT2D eigenvalue weighted by atomic mass is 10.1. The first kappa shape index (κ1) is 16.8. The van der Waals surface area contributed by atoms with Gasteiger partial charge in [0.05, 0.1) is 11.3 Å². The van der Waals surface area contributed by atoms with E-state index in [4.69, 9.17) is 9.47 Å². The molecule has 2 aromatic carbocycles. The van der Waals surface area contributed by atoms with Crippen LogP contribution in [0.15, 0.2) is 48.5 Å². The molecule has 27 heavy (non-hydrogen) atoms. The Hall–Kier alpha value is -3.61. The summed E-state index contributed by atoms with van der Waals surface area (Å²) in [6.45, 7) is -0.000835. The maximum absolute atomic E-state index is 12.8. The third-order valence-electron chi connectivity index (χ3n) is 4.38. The average Bonchev–Trinajstić information content (AvgIpc) is 3.10. The highest BCUT2D eigenvalue weighted by Crippen LogP contribution is 2.33. The molecule has 7 heteroatoms. The minimum absolute atomic E-state index is 0.169. The second kappa shape index (κ2) is 6.60. The average molecular weight is 364 g/mol. The Balaban J connectivity index is 1.65. The van der Waals surface area contributed by atoms with Crippen molar-refractivity contribution < 1.29 is 23.9 Å². The SMILES string of the molecule is CN1CC(=O)N(C(=O)/C=C/c2ccc3c(c2)OCO3)c2ccccc2C1=O. The van der Waals surface area contributed by atoms with Crippen molar-refractivity contribution in [1.82, 2.24) is 4.90 Å². The fraction of sp³-hybridized carbons (Fsp3) is 0.150. The van der Waals surface area contributed by atoms with E-state index in [1.165, 1.54) is 18.0 Å². The Labute approximate surface area is 155 Å². The van der Waals surface area contributed by atoms with Gasteiger partial charge in [0.2, 0.25) is 6.79 Å². The lowest BCUT2D eigenvalue weighted by Crippen LogP contribution is -2.40. The van der Waals surface area contributed by atoms with Crippen LogP contribution in [-0.4, -0.2) is 43.0 Å². The van der Waals surface area contributed by atoms with Crippen molar-refractivity contribution in [2.24, 2.45) is 0 Å². The van der Waals surface area contributed by atoms with Gasteiger partial charge in [0, 0.05) is 13.1 Å². The van der Waals surface area contributed by atoms with Crippen molar-refractivity contribution in [3.8, 4) is 11.5 Å². The molecule has 0 N–H and O–H groups in total. The molecular formula is C20H16N2O5. The molecule has 0 unspecified atom stereocenters. The zero-order chi connectivity index (χ0) is 19.0. The number of rotatable bonds is 2. The van der Waals surface area contributed by atoms with E-state index in [0.29, 0.717) is 17.1 Å². The van der Waals surface area contributed by atoms with Crippen LogP contribution in [0.1, 0.15) is 15.9 Å². The molecule has 2 aliphatic rings. The smallest absolute Gasteiger partial charge is 0.257 e. The molecule has 4 rings (SSSR count). The second-order valence-electron chi connectivity index (χ2n) is 6.19. The predicted molar refractivity (Wildman–Crippen MR) is 97.5 cm³/mol. The Morgan fingerprint density at radius 2 is 1.85 bits per heavy atom. The zero-order valence-electron chi connectivity index (χ0n) is 14.5. The van der Waals surface area contributed by atoms with Crippen LogP contribution in [0.4, 0.5) is 5.69 Å². The highest BCUT2D eigenvalue weighted by Gasteiger charge is 2.32. The van der Waals surface area contributed by atoms with Crippen molar-refractivity contribution in [2.45, 2.75) is 0 Å². The molecular weight excluding hydrogens is 348 g/mol. The van der Waals surface area contributed by atoms with Gasteiger partial charge in [0.1, 0.15) is 6.54 Å². The minimum atomic E-state index is -0.520. The number of carbonyl (C=O) groups excluding carboxylic acids is 3. The molecule has 0 saturated carbocycles. The number of imide groups is 1. The van der Waals surface area contributed by atoms with E-state index in [-0.39, 0.29) is 24.9 Å². The van der Waals surface area contributed by atoms with Crippen LogP contribution >= 0.6 is 0 Å². The highest BCUT2D eigenvalue weighted by atomic mass is 16.7. The van der Waals surface area contributed by atoms with E-state index in [2.05, 4.69) is 0 Å². The summed E-state index contributed by atoms with van der Waals surface area (Å²) >= 11 is 0. The Kier molecular flexibility index (Phi) is 4.12. The Morgan fingerprint density at radius 3 is 2.70 bits per heavy atom. The third kappa shape index (κ3) is 3.03. The Morgan fingerprint density at radius 1 is 1.07 bits per heavy atom. The van der Waals surface area contributed by atoms with Gasteiger partial charge in [-0.15, -0.1) is 0 Å². The van der Waals surface area contributed by atoms with Crippen LogP contribution in [0.3, 0.4) is 0 Å². The number of anilines is 1. The summed E-state index contributed by atoms with van der Waals surface area (Å²) < 4.78 is 10.6. The van der Waals surface area contributed by atoms with Gasteiger partial charge in [-0.2, -0.15) is 0 Å². The highest BCUT2D eigenvalue weighted by molar-refractivity contribution is 6.24. The number of fused-ring (bicyclic) bond motifs is 2. The number of benzene rings is 2. The quantitative estimate of drug-likeness (QED) is 0.763. The zero-order valence-corrected chi connectivity index (χ0v) is 14.5. The van der Waals surface area contributed by atoms with Gasteiger partial charge in [-0.1, -0.05) is 18.2 Å². The molecule has 0 bridgehead atoms. The molecule has 0 radical (unpaired) electrons. The van der Waals surface area contributed by atoms with Crippen molar-refractivity contribution in [3.05, 3.63) is 59.7 Å². The van der Waals surface area contributed by atoms with Gasteiger partial charge in [0.25, 0.3) is 17.7 Å². The summed E-state index contributed by atoms with van der Waals surface area (Å²) in [6.07, 6.45) is 2.90. The molecule has 0 aromatic heterocycles. The topological polar surface area (TPSA) is 76.2 Å². The summed E-state index contributed by atoms with van der Waals surface area (Å²) in [6, 6.07) is 11.9. The number of nitrogens with zero attached hydrogens (tertiary/aromatic N) is 2. The largest absolute Gasteiger partial charge is 0.454 e. The fourth-order valence-corrected chi connectivity index (χ4v) is 3.04. The number of hydrogen-bond acceptors (Lipinski definition) is 5. The van der Waals surface area contributed by atoms with E-state index in [0.717, 1.165) is 10.5 Å². The molecule has 0 fully saturated rings. The molecule has 136 valence electrons. The molecule has 0 spiro atoms. The maximum atomic E-state index is 12.8. The normalized spacial score (nSPS) is 15.9. The van der Waals surface area contributed by atoms with Crippen LogP contribution < -0.4 is 14.4 Å². The van der Waals surface area contributed by atoms with Crippen molar-refractivity contribution >= 4 is 29.5 Å².